The third-order valence-electron chi connectivity index (χ3n) is 5.74. The number of halogens is 1. The van der Waals surface area contributed by atoms with Crippen molar-refractivity contribution in [3.05, 3.63) is 53.6 Å². The molecule has 2 N–H and O–H groups in total. The Balaban J connectivity index is 1.67. The molecule has 1 aliphatic rings. The predicted molar refractivity (Wildman–Crippen MR) is 143 cm³/mol. The average Bonchev–Trinajstić information content (AvgIpc) is 2.85. The second kappa shape index (κ2) is 12.4. The third kappa shape index (κ3) is 7.11. The number of nitrogens with one attached hydrogen (secondary N) is 2. The van der Waals surface area contributed by atoms with Gasteiger partial charge in [0.1, 0.15) is 0 Å². The number of carbonyl (C=O) groups excluding carboxylic acids is 2. The maximum Gasteiger partial charge on any atom is 0.317 e. The summed E-state index contributed by atoms with van der Waals surface area (Å²) in [5.41, 5.74) is 1.27. The van der Waals surface area contributed by atoms with Gasteiger partial charge in [0, 0.05) is 44.5 Å². The van der Waals surface area contributed by atoms with Crippen LogP contribution in [0.1, 0.15) is 27.2 Å². The lowest BCUT2D eigenvalue weighted by molar-refractivity contribution is -0.116. The second-order valence-corrected chi connectivity index (χ2v) is 11.3. The van der Waals surface area contributed by atoms with Crippen LogP contribution in [0.15, 0.2) is 53.4 Å². The summed E-state index contributed by atoms with van der Waals surface area (Å²) >= 11 is 6.35. The number of hydrogen-bond acceptors (Lipinski definition) is 5. The topological polar surface area (TPSA) is 102 Å². The first-order valence-corrected chi connectivity index (χ1v) is 13.9. The average molecular weight is 536 g/mol. The number of urea groups is 1. The van der Waals surface area contributed by atoms with Crippen LogP contribution in [0.3, 0.4) is 0 Å². The molecule has 36 heavy (non-hydrogen) atoms. The van der Waals surface area contributed by atoms with Gasteiger partial charge in [-0.15, -0.1) is 0 Å². The van der Waals surface area contributed by atoms with Gasteiger partial charge < -0.3 is 20.4 Å². The largest absolute Gasteiger partial charge is 0.368 e. The van der Waals surface area contributed by atoms with E-state index in [9.17, 15) is 18.0 Å². The third-order valence-corrected chi connectivity index (χ3v) is 7.93. The molecule has 0 bridgehead atoms. The molecule has 1 fully saturated rings. The van der Waals surface area contributed by atoms with E-state index in [0.717, 1.165) is 5.69 Å². The zero-order valence-corrected chi connectivity index (χ0v) is 22.5. The van der Waals surface area contributed by atoms with Crippen LogP contribution in [-0.2, 0) is 14.8 Å². The second-order valence-electron chi connectivity index (χ2n) is 8.94. The van der Waals surface area contributed by atoms with Gasteiger partial charge in [-0.3, -0.25) is 4.79 Å². The van der Waals surface area contributed by atoms with Crippen LogP contribution in [0.4, 0.5) is 16.2 Å². The van der Waals surface area contributed by atoms with Crippen molar-refractivity contribution < 1.29 is 18.0 Å². The summed E-state index contributed by atoms with van der Waals surface area (Å²) in [4.78, 5) is 29.2. The van der Waals surface area contributed by atoms with Gasteiger partial charge in [0.2, 0.25) is 15.9 Å². The van der Waals surface area contributed by atoms with E-state index in [1.54, 1.807) is 35.2 Å². The molecule has 0 radical (unpaired) electrons. The molecular weight excluding hydrogens is 502 g/mol. The Bertz CT molecular complexity index is 1150. The summed E-state index contributed by atoms with van der Waals surface area (Å²) in [5, 5.41) is 6.04. The standard InChI is InChI=1S/C25H34ClN5O4S/c1-4-12-31(36(34,35)21-8-6-5-7-9-21)18-24(32)28-23-17-20(10-11-22(23)26)29-13-15-30(16-14-29)25(33)27-19(2)3/h5-11,17,19H,4,12-16,18H2,1-3H3,(H,27,33)(H,28,32). The Kier molecular flexibility index (Phi) is 9.58. The molecule has 0 spiro atoms. The minimum absolute atomic E-state index is 0.0733. The quantitative estimate of drug-likeness (QED) is 0.510. The Hall–Kier alpha value is -2.82. The van der Waals surface area contributed by atoms with Gasteiger partial charge in [0.05, 0.1) is 22.2 Å². The summed E-state index contributed by atoms with van der Waals surface area (Å²) in [6.07, 6.45) is 0.566. The monoisotopic (exact) mass is 535 g/mol. The van der Waals surface area contributed by atoms with Crippen molar-refractivity contribution in [3.8, 4) is 0 Å². The zero-order valence-electron chi connectivity index (χ0n) is 20.9. The van der Waals surface area contributed by atoms with Crippen molar-refractivity contribution in [2.75, 3.05) is 49.5 Å². The Morgan fingerprint density at radius 2 is 1.72 bits per heavy atom. The minimum Gasteiger partial charge on any atom is -0.368 e. The van der Waals surface area contributed by atoms with Crippen LogP contribution in [0.5, 0.6) is 0 Å². The first kappa shape index (κ1) is 27.8. The Morgan fingerprint density at radius 1 is 1.06 bits per heavy atom. The molecule has 0 atom stereocenters. The number of sulfonamides is 1. The van der Waals surface area contributed by atoms with Crippen molar-refractivity contribution in [2.24, 2.45) is 0 Å². The highest BCUT2D eigenvalue weighted by Gasteiger charge is 2.26. The lowest BCUT2D eigenvalue weighted by Gasteiger charge is -2.36. The van der Waals surface area contributed by atoms with Gasteiger partial charge in [0.15, 0.2) is 0 Å². The first-order chi connectivity index (χ1) is 17.1. The van der Waals surface area contributed by atoms with Crippen LogP contribution >= 0.6 is 11.6 Å². The number of rotatable bonds is 9. The van der Waals surface area contributed by atoms with E-state index in [-0.39, 0.29) is 30.1 Å². The fraction of sp³-hybridized carbons (Fsp3) is 0.440. The smallest absolute Gasteiger partial charge is 0.317 e. The highest BCUT2D eigenvalue weighted by atomic mass is 35.5. The van der Waals surface area contributed by atoms with Crippen molar-refractivity contribution in [1.82, 2.24) is 14.5 Å². The number of nitrogens with zero attached hydrogens (tertiary/aromatic N) is 3. The summed E-state index contributed by atoms with van der Waals surface area (Å²) in [5.74, 6) is -0.475. The lowest BCUT2D eigenvalue weighted by atomic mass is 10.2. The maximum atomic E-state index is 13.1. The van der Waals surface area contributed by atoms with Crippen LogP contribution in [0.2, 0.25) is 5.02 Å². The number of piperazine rings is 1. The lowest BCUT2D eigenvalue weighted by Crippen LogP contribution is -2.52. The van der Waals surface area contributed by atoms with Gasteiger partial charge in [-0.25, -0.2) is 13.2 Å². The molecule has 3 rings (SSSR count). The molecule has 0 aliphatic carbocycles. The molecule has 11 heteroatoms. The number of anilines is 2. The van der Waals surface area contributed by atoms with Gasteiger partial charge >= 0.3 is 6.03 Å². The van der Waals surface area contributed by atoms with Crippen molar-refractivity contribution in [2.45, 2.75) is 38.1 Å². The van der Waals surface area contributed by atoms with E-state index in [1.807, 2.05) is 26.8 Å². The Labute approximate surface area is 218 Å². The molecule has 2 aromatic carbocycles. The first-order valence-electron chi connectivity index (χ1n) is 12.1. The highest BCUT2D eigenvalue weighted by molar-refractivity contribution is 7.89. The van der Waals surface area contributed by atoms with Gasteiger partial charge in [-0.2, -0.15) is 4.31 Å². The normalized spacial score (nSPS) is 14.3. The van der Waals surface area contributed by atoms with Crippen molar-refractivity contribution in [1.29, 1.82) is 0 Å². The predicted octanol–water partition coefficient (Wildman–Crippen LogP) is 3.62. The number of carbonyl (C=O) groups is 2. The molecule has 0 aromatic heterocycles. The van der Waals surface area contributed by atoms with Crippen LogP contribution in [0, 0.1) is 0 Å². The van der Waals surface area contributed by atoms with Crippen LogP contribution in [-0.4, -0.2) is 74.9 Å². The van der Waals surface area contributed by atoms with Crippen molar-refractivity contribution >= 4 is 44.9 Å². The molecule has 196 valence electrons. The van der Waals surface area contributed by atoms with Gasteiger partial charge in [-0.05, 0) is 50.6 Å². The van der Waals surface area contributed by atoms with Crippen molar-refractivity contribution in [3.63, 3.8) is 0 Å². The van der Waals surface area contributed by atoms with Crippen LogP contribution < -0.4 is 15.5 Å². The van der Waals surface area contributed by atoms with Gasteiger partial charge in [0.25, 0.3) is 0 Å². The molecule has 2 aromatic rings. The van der Waals surface area contributed by atoms with E-state index >= 15 is 0 Å². The molecule has 9 nitrogen and oxygen atoms in total. The number of amides is 3. The fourth-order valence-corrected chi connectivity index (χ4v) is 5.61. The fourth-order valence-electron chi connectivity index (χ4n) is 3.94. The molecule has 1 heterocycles. The summed E-state index contributed by atoms with van der Waals surface area (Å²) in [6, 6.07) is 13.4. The van der Waals surface area contributed by atoms with E-state index in [4.69, 9.17) is 11.6 Å². The number of benzene rings is 2. The highest BCUT2D eigenvalue weighted by Crippen LogP contribution is 2.28. The molecule has 0 unspecified atom stereocenters. The zero-order chi connectivity index (χ0) is 26.3. The van der Waals surface area contributed by atoms with E-state index in [2.05, 4.69) is 15.5 Å². The van der Waals surface area contributed by atoms with Crippen LogP contribution in [0.25, 0.3) is 0 Å². The molecule has 3 amide bonds. The minimum atomic E-state index is -3.81. The maximum absolute atomic E-state index is 13.1. The summed E-state index contributed by atoms with van der Waals surface area (Å²) in [6.45, 7) is 8.03. The summed E-state index contributed by atoms with van der Waals surface area (Å²) < 4.78 is 27.3. The van der Waals surface area contributed by atoms with Gasteiger partial charge in [-0.1, -0.05) is 36.7 Å². The molecule has 0 saturated carbocycles. The SMILES string of the molecule is CCCN(CC(=O)Nc1cc(N2CCN(C(=O)NC(C)C)CC2)ccc1Cl)S(=O)(=O)c1ccccc1. The van der Waals surface area contributed by atoms with E-state index < -0.39 is 15.9 Å². The van der Waals surface area contributed by atoms with E-state index in [0.29, 0.717) is 43.3 Å². The summed E-state index contributed by atoms with van der Waals surface area (Å²) in [7, 11) is -3.81. The number of hydrogen-bond donors (Lipinski definition) is 2. The molecule has 1 aliphatic heterocycles. The molecule has 1 saturated heterocycles. The molecular formula is C25H34ClN5O4S. The van der Waals surface area contributed by atoms with E-state index in [1.165, 1.54) is 16.4 Å². The Morgan fingerprint density at radius 3 is 2.33 bits per heavy atom.